The van der Waals surface area contributed by atoms with Crippen molar-refractivity contribution >= 4 is 0 Å². The predicted molar refractivity (Wildman–Crippen MR) is 66.1 cm³/mol. The van der Waals surface area contributed by atoms with Crippen molar-refractivity contribution < 1.29 is 0 Å². The first-order chi connectivity index (χ1) is 7.24. The van der Waals surface area contributed by atoms with Crippen molar-refractivity contribution in [2.24, 2.45) is 5.18 Å². The molecule has 0 aliphatic heterocycles. The van der Waals surface area contributed by atoms with E-state index in [0.29, 0.717) is 6.04 Å². The fourth-order valence-electron chi connectivity index (χ4n) is 2.12. The molecule has 1 rings (SSSR count). The summed E-state index contributed by atoms with van der Waals surface area (Å²) in [6.07, 6.45) is 6.66. The van der Waals surface area contributed by atoms with Gasteiger partial charge >= 0.3 is 0 Å². The summed E-state index contributed by atoms with van der Waals surface area (Å²) in [6.45, 7) is 6.69. The zero-order valence-corrected chi connectivity index (χ0v) is 10.7. The predicted octanol–water partition coefficient (Wildman–Crippen LogP) is 3.43. The SMILES string of the molecule is CC.CC(CN(C)C1CCCCC1)N=O. The molecule has 0 saturated heterocycles. The maximum absolute atomic E-state index is 10.2. The van der Waals surface area contributed by atoms with Gasteiger partial charge in [0.1, 0.15) is 6.04 Å². The standard InChI is InChI=1S/C10H20N2O.C2H6/c1-9(11-13)8-12(2)10-6-4-3-5-7-10;1-2/h9-10H,3-8H2,1-2H3;1-2H3. The van der Waals surface area contributed by atoms with Crippen molar-refractivity contribution in [1.29, 1.82) is 0 Å². The maximum Gasteiger partial charge on any atom is 0.102 e. The quantitative estimate of drug-likeness (QED) is 0.672. The first kappa shape index (κ1) is 14.6. The number of hydrogen-bond acceptors (Lipinski definition) is 3. The second-order valence-corrected chi connectivity index (χ2v) is 4.19. The molecule has 0 radical (unpaired) electrons. The van der Waals surface area contributed by atoms with Gasteiger partial charge in [-0.1, -0.05) is 38.3 Å². The molecule has 0 aromatic heterocycles. The molecule has 3 heteroatoms. The monoisotopic (exact) mass is 214 g/mol. The molecule has 0 heterocycles. The van der Waals surface area contributed by atoms with Crippen LogP contribution in [0.15, 0.2) is 5.18 Å². The summed E-state index contributed by atoms with van der Waals surface area (Å²) >= 11 is 0. The Hall–Kier alpha value is -0.440. The third-order valence-corrected chi connectivity index (χ3v) is 2.93. The van der Waals surface area contributed by atoms with E-state index in [1.54, 1.807) is 0 Å². The van der Waals surface area contributed by atoms with Crippen LogP contribution in [0.1, 0.15) is 52.9 Å². The van der Waals surface area contributed by atoms with Gasteiger partial charge in [-0.3, -0.25) is 0 Å². The third-order valence-electron chi connectivity index (χ3n) is 2.93. The highest BCUT2D eigenvalue weighted by molar-refractivity contribution is 4.76. The van der Waals surface area contributed by atoms with Crippen molar-refractivity contribution in [2.75, 3.05) is 13.6 Å². The highest BCUT2D eigenvalue weighted by atomic mass is 16.3. The van der Waals surface area contributed by atoms with Crippen LogP contribution in [0.5, 0.6) is 0 Å². The Bertz CT molecular complexity index is 156. The summed E-state index contributed by atoms with van der Waals surface area (Å²) < 4.78 is 0. The minimum atomic E-state index is -0.0630. The summed E-state index contributed by atoms with van der Waals surface area (Å²) in [4.78, 5) is 12.5. The summed E-state index contributed by atoms with van der Waals surface area (Å²) in [6, 6.07) is 0.630. The third kappa shape index (κ3) is 5.88. The maximum atomic E-state index is 10.2. The highest BCUT2D eigenvalue weighted by Crippen LogP contribution is 2.21. The average Bonchev–Trinajstić information content (AvgIpc) is 2.32. The first-order valence-electron chi connectivity index (χ1n) is 6.26. The van der Waals surface area contributed by atoms with Crippen LogP contribution in [-0.2, 0) is 0 Å². The van der Waals surface area contributed by atoms with Gasteiger partial charge in [-0.15, -0.1) is 0 Å². The van der Waals surface area contributed by atoms with Crippen LogP contribution in [0.3, 0.4) is 0 Å². The Morgan fingerprint density at radius 1 is 1.27 bits per heavy atom. The van der Waals surface area contributed by atoms with Crippen LogP contribution in [0, 0.1) is 4.91 Å². The summed E-state index contributed by atoms with van der Waals surface area (Å²) in [5, 5.41) is 3.03. The fraction of sp³-hybridized carbons (Fsp3) is 1.00. The second-order valence-electron chi connectivity index (χ2n) is 4.19. The topological polar surface area (TPSA) is 32.7 Å². The molecule has 1 atom stereocenters. The molecule has 0 aromatic rings. The van der Waals surface area contributed by atoms with E-state index in [-0.39, 0.29) is 6.04 Å². The second kappa shape index (κ2) is 8.84. The van der Waals surface area contributed by atoms with Gasteiger partial charge < -0.3 is 4.90 Å². The van der Waals surface area contributed by atoms with Crippen LogP contribution >= 0.6 is 0 Å². The summed E-state index contributed by atoms with van der Waals surface area (Å²) in [5.74, 6) is 0. The summed E-state index contributed by atoms with van der Waals surface area (Å²) in [7, 11) is 2.11. The fourth-order valence-corrected chi connectivity index (χ4v) is 2.12. The minimum absolute atomic E-state index is 0.0630. The Morgan fingerprint density at radius 3 is 2.27 bits per heavy atom. The lowest BCUT2D eigenvalue weighted by Crippen LogP contribution is -2.37. The van der Waals surface area contributed by atoms with E-state index in [4.69, 9.17) is 0 Å². The van der Waals surface area contributed by atoms with Gasteiger partial charge in [-0.05, 0) is 26.8 Å². The molecule has 0 aromatic carbocycles. The molecule has 0 spiro atoms. The van der Waals surface area contributed by atoms with Gasteiger partial charge in [-0.2, -0.15) is 4.91 Å². The van der Waals surface area contributed by atoms with E-state index in [1.165, 1.54) is 32.1 Å². The smallest absolute Gasteiger partial charge is 0.102 e. The Kier molecular flexibility index (Phi) is 8.58. The van der Waals surface area contributed by atoms with Crippen molar-refractivity contribution in [3.8, 4) is 0 Å². The Balaban J connectivity index is 0.000000921. The van der Waals surface area contributed by atoms with Crippen LogP contribution in [0.4, 0.5) is 0 Å². The van der Waals surface area contributed by atoms with E-state index < -0.39 is 0 Å². The molecule has 15 heavy (non-hydrogen) atoms. The van der Waals surface area contributed by atoms with Crippen molar-refractivity contribution in [3.05, 3.63) is 4.91 Å². The number of nitrogens with zero attached hydrogens (tertiary/aromatic N) is 2. The molecule has 90 valence electrons. The Morgan fingerprint density at radius 2 is 1.80 bits per heavy atom. The molecule has 1 unspecified atom stereocenters. The number of hydrogen-bond donors (Lipinski definition) is 0. The van der Waals surface area contributed by atoms with E-state index in [1.807, 2.05) is 20.8 Å². The van der Waals surface area contributed by atoms with E-state index in [2.05, 4.69) is 17.1 Å². The molecule has 1 saturated carbocycles. The van der Waals surface area contributed by atoms with Gasteiger partial charge in [-0.25, -0.2) is 0 Å². The molecule has 1 aliphatic rings. The van der Waals surface area contributed by atoms with Gasteiger partial charge in [0.25, 0.3) is 0 Å². The molecular formula is C12H26N2O. The largest absolute Gasteiger partial charge is 0.301 e. The zero-order valence-electron chi connectivity index (χ0n) is 10.7. The van der Waals surface area contributed by atoms with Gasteiger partial charge in [0, 0.05) is 12.6 Å². The van der Waals surface area contributed by atoms with Gasteiger partial charge in [0.15, 0.2) is 0 Å². The average molecular weight is 214 g/mol. The highest BCUT2D eigenvalue weighted by Gasteiger charge is 2.19. The van der Waals surface area contributed by atoms with E-state index >= 15 is 0 Å². The minimum Gasteiger partial charge on any atom is -0.301 e. The zero-order chi connectivity index (χ0) is 11.7. The van der Waals surface area contributed by atoms with Crippen LogP contribution in [-0.4, -0.2) is 30.6 Å². The molecular weight excluding hydrogens is 188 g/mol. The molecule has 1 aliphatic carbocycles. The normalized spacial score (nSPS) is 19.3. The van der Waals surface area contributed by atoms with Crippen LogP contribution in [0.2, 0.25) is 0 Å². The Labute approximate surface area is 94.2 Å². The van der Waals surface area contributed by atoms with Crippen LogP contribution in [0.25, 0.3) is 0 Å². The van der Waals surface area contributed by atoms with Crippen molar-refractivity contribution in [2.45, 2.75) is 65.0 Å². The summed E-state index contributed by atoms with van der Waals surface area (Å²) in [5.41, 5.74) is 0. The molecule has 1 fully saturated rings. The molecule has 3 nitrogen and oxygen atoms in total. The number of nitroso groups, excluding NO2 is 1. The van der Waals surface area contributed by atoms with Crippen molar-refractivity contribution in [3.63, 3.8) is 0 Å². The van der Waals surface area contributed by atoms with Crippen LogP contribution < -0.4 is 0 Å². The molecule has 0 amide bonds. The lowest BCUT2D eigenvalue weighted by Gasteiger charge is -2.31. The number of likely N-dealkylation sites (N-methyl/N-ethyl adjacent to an activating group) is 1. The lowest BCUT2D eigenvalue weighted by molar-refractivity contribution is 0.185. The molecule has 0 N–H and O–H groups in total. The number of rotatable bonds is 4. The van der Waals surface area contributed by atoms with E-state index in [9.17, 15) is 4.91 Å². The van der Waals surface area contributed by atoms with Gasteiger partial charge in [0.2, 0.25) is 0 Å². The lowest BCUT2D eigenvalue weighted by atomic mass is 9.94. The first-order valence-corrected chi connectivity index (χ1v) is 6.26. The molecule has 0 bridgehead atoms. The van der Waals surface area contributed by atoms with E-state index in [0.717, 1.165) is 6.54 Å². The van der Waals surface area contributed by atoms with Gasteiger partial charge in [0.05, 0.1) is 0 Å². The van der Waals surface area contributed by atoms with Crippen molar-refractivity contribution in [1.82, 2.24) is 4.90 Å².